The number of pyridine rings is 1. The van der Waals surface area contributed by atoms with Gasteiger partial charge in [-0.05, 0) is 48.7 Å². The van der Waals surface area contributed by atoms with Gasteiger partial charge in [0, 0.05) is 31.9 Å². The van der Waals surface area contributed by atoms with Crippen LogP contribution in [-0.4, -0.2) is 37.2 Å². The van der Waals surface area contributed by atoms with Crippen LogP contribution >= 0.6 is 24.0 Å². The SMILES string of the molecule is CN=C(NCC(C)Oc1ccc(F)cc1)NCC(c1cccnc1)C(C)C.I. The van der Waals surface area contributed by atoms with Crippen LogP contribution in [0.25, 0.3) is 0 Å². The maximum Gasteiger partial charge on any atom is 0.191 e. The first kappa shape index (κ1) is 24.1. The van der Waals surface area contributed by atoms with Gasteiger partial charge in [0.15, 0.2) is 5.96 Å². The zero-order valence-corrected chi connectivity index (χ0v) is 19.2. The molecule has 1 aromatic carbocycles. The van der Waals surface area contributed by atoms with Crippen molar-refractivity contribution in [1.29, 1.82) is 0 Å². The molecule has 0 spiro atoms. The Morgan fingerprint density at radius 3 is 2.36 bits per heavy atom. The molecule has 0 saturated heterocycles. The number of hydrogen-bond acceptors (Lipinski definition) is 3. The van der Waals surface area contributed by atoms with Crippen LogP contribution in [0.3, 0.4) is 0 Å². The molecule has 0 aliphatic heterocycles. The number of benzene rings is 1. The van der Waals surface area contributed by atoms with Crippen molar-refractivity contribution in [2.45, 2.75) is 32.8 Å². The number of guanidine groups is 1. The minimum Gasteiger partial charge on any atom is -0.489 e. The van der Waals surface area contributed by atoms with Gasteiger partial charge < -0.3 is 15.4 Å². The summed E-state index contributed by atoms with van der Waals surface area (Å²) in [6, 6.07) is 10.1. The van der Waals surface area contributed by atoms with E-state index in [0.29, 0.717) is 24.1 Å². The zero-order valence-electron chi connectivity index (χ0n) is 16.9. The fourth-order valence-corrected chi connectivity index (χ4v) is 2.79. The van der Waals surface area contributed by atoms with Crippen LogP contribution < -0.4 is 15.4 Å². The first-order chi connectivity index (χ1) is 13.0. The van der Waals surface area contributed by atoms with Crippen molar-refractivity contribution in [3.63, 3.8) is 0 Å². The number of aromatic nitrogens is 1. The Morgan fingerprint density at radius 2 is 1.79 bits per heavy atom. The molecule has 0 aliphatic rings. The van der Waals surface area contributed by atoms with Gasteiger partial charge in [-0.25, -0.2) is 4.39 Å². The van der Waals surface area contributed by atoms with Crippen molar-refractivity contribution < 1.29 is 9.13 Å². The zero-order chi connectivity index (χ0) is 19.6. The van der Waals surface area contributed by atoms with Gasteiger partial charge in [-0.15, -0.1) is 24.0 Å². The van der Waals surface area contributed by atoms with Gasteiger partial charge in [-0.3, -0.25) is 9.98 Å². The largest absolute Gasteiger partial charge is 0.489 e. The molecular formula is C21H30FIN4O. The topological polar surface area (TPSA) is 58.5 Å². The maximum atomic E-state index is 13.0. The molecule has 2 aromatic rings. The van der Waals surface area contributed by atoms with E-state index < -0.39 is 0 Å². The molecule has 0 amide bonds. The average molecular weight is 500 g/mol. The van der Waals surface area contributed by atoms with Gasteiger partial charge in [-0.2, -0.15) is 0 Å². The van der Waals surface area contributed by atoms with E-state index in [1.807, 2.05) is 19.2 Å². The van der Waals surface area contributed by atoms with E-state index in [0.717, 1.165) is 12.5 Å². The van der Waals surface area contributed by atoms with E-state index in [1.165, 1.54) is 17.7 Å². The Balaban J connectivity index is 0.00000392. The van der Waals surface area contributed by atoms with Gasteiger partial charge in [0.1, 0.15) is 17.7 Å². The summed E-state index contributed by atoms with van der Waals surface area (Å²) < 4.78 is 18.7. The number of ether oxygens (including phenoxy) is 1. The lowest BCUT2D eigenvalue weighted by molar-refractivity contribution is 0.223. The van der Waals surface area contributed by atoms with E-state index in [4.69, 9.17) is 4.74 Å². The number of hydrogen-bond donors (Lipinski definition) is 2. The second-order valence-corrected chi connectivity index (χ2v) is 6.85. The first-order valence-electron chi connectivity index (χ1n) is 9.26. The van der Waals surface area contributed by atoms with Gasteiger partial charge in [0.25, 0.3) is 0 Å². The maximum absolute atomic E-state index is 13.0. The van der Waals surface area contributed by atoms with Crippen LogP contribution in [0.5, 0.6) is 5.75 Å². The number of rotatable bonds is 8. The molecule has 1 heterocycles. The third-order valence-electron chi connectivity index (χ3n) is 4.34. The fourth-order valence-electron chi connectivity index (χ4n) is 2.79. The minimum atomic E-state index is -0.272. The van der Waals surface area contributed by atoms with E-state index in [9.17, 15) is 4.39 Å². The summed E-state index contributed by atoms with van der Waals surface area (Å²) in [4.78, 5) is 8.50. The molecule has 0 fully saturated rings. The molecule has 2 unspecified atom stereocenters. The predicted molar refractivity (Wildman–Crippen MR) is 123 cm³/mol. The highest BCUT2D eigenvalue weighted by atomic mass is 127. The lowest BCUT2D eigenvalue weighted by Gasteiger charge is -2.23. The summed E-state index contributed by atoms with van der Waals surface area (Å²) in [5, 5.41) is 6.65. The van der Waals surface area contributed by atoms with Crippen molar-refractivity contribution >= 4 is 29.9 Å². The third kappa shape index (κ3) is 8.00. The molecular weight excluding hydrogens is 470 g/mol. The highest BCUT2D eigenvalue weighted by Gasteiger charge is 2.16. The Kier molecular flexibility index (Phi) is 10.8. The summed E-state index contributed by atoms with van der Waals surface area (Å²) in [5.41, 5.74) is 1.21. The monoisotopic (exact) mass is 500 g/mol. The molecule has 5 nitrogen and oxygen atoms in total. The van der Waals surface area contributed by atoms with Crippen LogP contribution in [0.4, 0.5) is 4.39 Å². The average Bonchev–Trinajstić information content (AvgIpc) is 2.67. The smallest absolute Gasteiger partial charge is 0.191 e. The number of nitrogens with zero attached hydrogens (tertiary/aromatic N) is 2. The molecule has 0 bridgehead atoms. The minimum absolute atomic E-state index is 0. The van der Waals surface area contributed by atoms with Gasteiger partial charge in [-0.1, -0.05) is 19.9 Å². The Bertz CT molecular complexity index is 710. The molecule has 7 heteroatoms. The van der Waals surface area contributed by atoms with Crippen molar-refractivity contribution in [2.75, 3.05) is 20.1 Å². The van der Waals surface area contributed by atoms with E-state index >= 15 is 0 Å². The lowest BCUT2D eigenvalue weighted by atomic mass is 9.89. The van der Waals surface area contributed by atoms with Crippen molar-refractivity contribution in [2.24, 2.45) is 10.9 Å². The van der Waals surface area contributed by atoms with Crippen LogP contribution in [-0.2, 0) is 0 Å². The second-order valence-electron chi connectivity index (χ2n) is 6.85. The summed E-state index contributed by atoms with van der Waals surface area (Å²) in [6.45, 7) is 7.70. The van der Waals surface area contributed by atoms with Crippen LogP contribution in [0, 0.1) is 11.7 Å². The Labute approximate surface area is 184 Å². The molecule has 0 saturated carbocycles. The fraction of sp³-hybridized carbons (Fsp3) is 0.429. The predicted octanol–water partition coefficient (Wildman–Crippen LogP) is 4.21. The highest BCUT2D eigenvalue weighted by Crippen LogP contribution is 2.22. The molecule has 28 heavy (non-hydrogen) atoms. The van der Waals surface area contributed by atoms with Crippen LogP contribution in [0.1, 0.15) is 32.3 Å². The van der Waals surface area contributed by atoms with Gasteiger partial charge in [0.2, 0.25) is 0 Å². The van der Waals surface area contributed by atoms with Crippen LogP contribution in [0.2, 0.25) is 0 Å². The van der Waals surface area contributed by atoms with E-state index in [-0.39, 0.29) is 35.9 Å². The molecule has 0 radical (unpaired) electrons. The van der Waals surface area contributed by atoms with Crippen LogP contribution in [0.15, 0.2) is 53.8 Å². The van der Waals surface area contributed by atoms with E-state index in [1.54, 1.807) is 25.4 Å². The number of halogens is 2. The molecule has 1 aromatic heterocycles. The highest BCUT2D eigenvalue weighted by molar-refractivity contribution is 14.0. The van der Waals surface area contributed by atoms with Gasteiger partial charge in [0.05, 0.1) is 6.54 Å². The van der Waals surface area contributed by atoms with Gasteiger partial charge >= 0.3 is 0 Å². The lowest BCUT2D eigenvalue weighted by Crippen LogP contribution is -2.43. The summed E-state index contributed by atoms with van der Waals surface area (Å²) >= 11 is 0. The van der Waals surface area contributed by atoms with Crippen molar-refractivity contribution in [1.82, 2.24) is 15.6 Å². The van der Waals surface area contributed by atoms with Crippen molar-refractivity contribution in [3.05, 3.63) is 60.2 Å². The quantitative estimate of drug-likeness (QED) is 0.324. The summed E-state index contributed by atoms with van der Waals surface area (Å²) in [6.07, 6.45) is 3.62. The normalized spacial score (nSPS) is 13.4. The molecule has 2 rings (SSSR count). The third-order valence-corrected chi connectivity index (χ3v) is 4.34. The molecule has 2 atom stereocenters. The number of nitrogens with one attached hydrogen (secondary N) is 2. The molecule has 2 N–H and O–H groups in total. The standard InChI is InChI=1S/C21H29FN4O.HI/c1-15(2)20(17-6-5-11-24-13-17)14-26-21(23-4)25-12-16(3)27-19-9-7-18(22)8-10-19;/h5-11,13,15-16,20H,12,14H2,1-4H3,(H2,23,25,26);1H. The van der Waals surface area contributed by atoms with E-state index in [2.05, 4.69) is 40.5 Å². The molecule has 154 valence electrons. The molecule has 0 aliphatic carbocycles. The van der Waals surface area contributed by atoms with Crippen molar-refractivity contribution in [3.8, 4) is 5.75 Å². The Hall–Kier alpha value is -1.90. The Morgan fingerprint density at radius 1 is 1.11 bits per heavy atom. The number of aliphatic imine (C=N–C) groups is 1. The first-order valence-corrected chi connectivity index (χ1v) is 9.26. The summed E-state index contributed by atoms with van der Waals surface area (Å²) in [5.74, 6) is 1.90. The summed E-state index contributed by atoms with van der Waals surface area (Å²) in [7, 11) is 1.75. The second kappa shape index (κ2) is 12.5.